The number of aromatic nitrogens is 1. The van der Waals surface area contributed by atoms with Crippen LogP contribution in [0.2, 0.25) is 0 Å². The Labute approximate surface area is 148 Å². The molecule has 3 nitrogen and oxygen atoms in total. The zero-order valence-corrected chi connectivity index (χ0v) is 15.2. The van der Waals surface area contributed by atoms with E-state index in [1.54, 1.807) is 0 Å². The van der Waals surface area contributed by atoms with Crippen molar-refractivity contribution < 1.29 is 0 Å². The lowest BCUT2D eigenvalue weighted by molar-refractivity contribution is 0.610. The van der Waals surface area contributed by atoms with Gasteiger partial charge in [0.05, 0.1) is 0 Å². The quantitative estimate of drug-likeness (QED) is 0.825. The molecule has 0 unspecified atom stereocenters. The molecular weight excluding hydrogens is 314 g/mol. The van der Waals surface area contributed by atoms with Crippen LogP contribution in [-0.2, 0) is 19.3 Å². The predicted octanol–water partition coefficient (Wildman–Crippen LogP) is 5.27. The Morgan fingerprint density at radius 3 is 2.75 bits per heavy atom. The lowest BCUT2D eigenvalue weighted by atomic mass is 9.90. The molecule has 1 aliphatic carbocycles. The van der Waals surface area contributed by atoms with Gasteiger partial charge >= 0.3 is 0 Å². The van der Waals surface area contributed by atoms with E-state index in [1.807, 2.05) is 11.3 Å². The Hall–Kier alpha value is -1.86. The Morgan fingerprint density at radius 1 is 1.21 bits per heavy atom. The highest BCUT2D eigenvalue weighted by Crippen LogP contribution is 2.38. The van der Waals surface area contributed by atoms with E-state index in [0.29, 0.717) is 11.4 Å². The second-order valence-corrected chi connectivity index (χ2v) is 7.74. The number of hydrogen-bond donors (Lipinski definition) is 1. The van der Waals surface area contributed by atoms with Crippen molar-refractivity contribution in [1.29, 1.82) is 5.26 Å². The monoisotopic (exact) mass is 339 g/mol. The van der Waals surface area contributed by atoms with E-state index < -0.39 is 0 Å². The van der Waals surface area contributed by atoms with Crippen molar-refractivity contribution >= 4 is 17.2 Å². The van der Waals surface area contributed by atoms with Crippen LogP contribution in [0.3, 0.4) is 0 Å². The van der Waals surface area contributed by atoms with Crippen LogP contribution in [0.25, 0.3) is 10.4 Å². The maximum atomic E-state index is 9.67. The van der Waals surface area contributed by atoms with Gasteiger partial charge in [-0.3, -0.25) is 0 Å². The molecule has 2 aromatic rings. The number of nitrogen functional groups attached to an aromatic ring is 1. The third-order valence-corrected chi connectivity index (χ3v) is 5.96. The van der Waals surface area contributed by atoms with E-state index in [1.165, 1.54) is 47.4 Å². The Kier molecular flexibility index (Phi) is 5.52. The summed E-state index contributed by atoms with van der Waals surface area (Å²) in [6.45, 7) is 2.22. The van der Waals surface area contributed by atoms with Gasteiger partial charge in [0.25, 0.3) is 0 Å². The molecule has 126 valence electrons. The summed E-state index contributed by atoms with van der Waals surface area (Å²) in [5.41, 5.74) is 10.2. The summed E-state index contributed by atoms with van der Waals surface area (Å²) in [6.07, 6.45) is 10.4. The second-order valence-electron chi connectivity index (χ2n) is 6.57. The number of pyridine rings is 1. The van der Waals surface area contributed by atoms with Crippen LogP contribution < -0.4 is 5.73 Å². The molecule has 0 spiro atoms. The van der Waals surface area contributed by atoms with Gasteiger partial charge in [-0.15, -0.1) is 11.3 Å². The van der Waals surface area contributed by atoms with Crippen LogP contribution in [0.1, 0.15) is 67.1 Å². The summed E-state index contributed by atoms with van der Waals surface area (Å²) in [7, 11) is 0. The fourth-order valence-corrected chi connectivity index (χ4v) is 4.63. The summed E-state index contributed by atoms with van der Waals surface area (Å²) >= 11 is 1.81. The first-order chi connectivity index (χ1) is 11.7. The minimum Gasteiger partial charge on any atom is -0.383 e. The first-order valence-corrected chi connectivity index (χ1v) is 9.86. The SMILES string of the molecule is CCCCc1ccc(-c2c(C#N)c(N)nc3c2CCCCCC3)s1. The molecule has 0 aliphatic heterocycles. The molecule has 0 amide bonds. The van der Waals surface area contributed by atoms with Gasteiger partial charge in [-0.25, -0.2) is 4.98 Å². The molecule has 1 aliphatic rings. The molecule has 0 fully saturated rings. The van der Waals surface area contributed by atoms with Crippen molar-refractivity contribution in [3.8, 4) is 16.5 Å². The van der Waals surface area contributed by atoms with Gasteiger partial charge in [0.2, 0.25) is 0 Å². The summed E-state index contributed by atoms with van der Waals surface area (Å²) < 4.78 is 0. The number of anilines is 1. The van der Waals surface area contributed by atoms with E-state index in [4.69, 9.17) is 5.73 Å². The molecular formula is C20H25N3S. The van der Waals surface area contributed by atoms with Crippen molar-refractivity contribution in [2.24, 2.45) is 0 Å². The van der Waals surface area contributed by atoms with Crippen LogP contribution in [-0.4, -0.2) is 4.98 Å². The van der Waals surface area contributed by atoms with Crippen LogP contribution >= 0.6 is 11.3 Å². The van der Waals surface area contributed by atoms with Crippen molar-refractivity contribution in [3.63, 3.8) is 0 Å². The molecule has 0 bridgehead atoms. The van der Waals surface area contributed by atoms with Crippen LogP contribution in [0.15, 0.2) is 12.1 Å². The van der Waals surface area contributed by atoms with E-state index in [0.717, 1.165) is 36.9 Å². The molecule has 2 aromatic heterocycles. The van der Waals surface area contributed by atoms with E-state index in [2.05, 4.69) is 30.1 Å². The van der Waals surface area contributed by atoms with Gasteiger partial charge in [0.1, 0.15) is 17.5 Å². The smallest absolute Gasteiger partial charge is 0.142 e. The zero-order valence-electron chi connectivity index (χ0n) is 14.4. The van der Waals surface area contributed by atoms with Crippen molar-refractivity contribution in [2.45, 2.75) is 64.7 Å². The molecule has 4 heteroatoms. The molecule has 0 atom stereocenters. The Morgan fingerprint density at radius 2 is 2.00 bits per heavy atom. The van der Waals surface area contributed by atoms with Crippen LogP contribution in [0.5, 0.6) is 0 Å². The average Bonchev–Trinajstić information content (AvgIpc) is 3.02. The fourth-order valence-electron chi connectivity index (χ4n) is 3.50. The third-order valence-electron chi connectivity index (χ3n) is 4.80. The maximum absolute atomic E-state index is 9.67. The largest absolute Gasteiger partial charge is 0.383 e. The molecule has 0 saturated heterocycles. The van der Waals surface area contributed by atoms with Gasteiger partial charge in [-0.05, 0) is 56.2 Å². The predicted molar refractivity (Wildman–Crippen MR) is 101 cm³/mol. The Bertz CT molecular complexity index is 755. The minimum absolute atomic E-state index is 0.398. The maximum Gasteiger partial charge on any atom is 0.142 e. The average molecular weight is 340 g/mol. The highest BCUT2D eigenvalue weighted by molar-refractivity contribution is 7.15. The molecule has 2 heterocycles. The number of aryl methyl sites for hydroxylation is 2. The van der Waals surface area contributed by atoms with Gasteiger partial charge in [-0.2, -0.15) is 5.26 Å². The Balaban J connectivity index is 2.10. The van der Waals surface area contributed by atoms with Gasteiger partial charge in [0, 0.05) is 21.0 Å². The number of unbranched alkanes of at least 4 members (excludes halogenated alkanes) is 1. The molecule has 0 aromatic carbocycles. The molecule has 0 radical (unpaired) electrons. The standard InChI is InChI=1S/C20H25N3S/c1-2-3-8-14-11-12-18(24-14)19-15-9-6-4-5-7-10-17(15)23-20(22)16(19)13-21/h11-12H,2-10H2,1H3,(H2,22,23). The number of nitriles is 1. The second kappa shape index (κ2) is 7.81. The van der Waals surface area contributed by atoms with Crippen molar-refractivity contribution in [1.82, 2.24) is 4.98 Å². The van der Waals surface area contributed by atoms with Crippen LogP contribution in [0.4, 0.5) is 5.82 Å². The van der Waals surface area contributed by atoms with E-state index in [-0.39, 0.29) is 0 Å². The molecule has 0 saturated carbocycles. The number of thiophene rings is 1. The topological polar surface area (TPSA) is 62.7 Å². The number of nitrogens with zero attached hydrogens (tertiary/aromatic N) is 2. The summed E-state index contributed by atoms with van der Waals surface area (Å²) in [6, 6.07) is 6.70. The lowest BCUT2D eigenvalue weighted by Crippen LogP contribution is -2.09. The zero-order chi connectivity index (χ0) is 16.9. The number of rotatable bonds is 4. The normalized spacial score (nSPS) is 14.5. The summed E-state index contributed by atoms with van der Waals surface area (Å²) in [5.74, 6) is 0.398. The lowest BCUT2D eigenvalue weighted by Gasteiger charge is -2.18. The number of hydrogen-bond acceptors (Lipinski definition) is 4. The van der Waals surface area contributed by atoms with Crippen molar-refractivity contribution in [3.05, 3.63) is 33.8 Å². The molecule has 2 N–H and O–H groups in total. The van der Waals surface area contributed by atoms with Crippen LogP contribution in [0, 0.1) is 11.3 Å². The van der Waals surface area contributed by atoms with Gasteiger partial charge in [-0.1, -0.05) is 26.2 Å². The molecule has 3 rings (SSSR count). The summed E-state index contributed by atoms with van der Waals surface area (Å²) in [5, 5.41) is 9.67. The summed E-state index contributed by atoms with van der Waals surface area (Å²) in [4.78, 5) is 7.17. The number of fused-ring (bicyclic) bond motifs is 1. The highest BCUT2D eigenvalue weighted by atomic mass is 32.1. The number of nitrogens with two attached hydrogens (primary N) is 1. The van der Waals surface area contributed by atoms with Gasteiger partial charge in [0.15, 0.2) is 0 Å². The van der Waals surface area contributed by atoms with Gasteiger partial charge < -0.3 is 5.73 Å². The van der Waals surface area contributed by atoms with Crippen molar-refractivity contribution in [2.75, 3.05) is 5.73 Å². The first-order valence-electron chi connectivity index (χ1n) is 9.05. The van der Waals surface area contributed by atoms with E-state index in [9.17, 15) is 5.26 Å². The minimum atomic E-state index is 0.398. The fraction of sp³-hybridized carbons (Fsp3) is 0.500. The highest BCUT2D eigenvalue weighted by Gasteiger charge is 2.21. The first kappa shape index (κ1) is 17.0. The molecule has 24 heavy (non-hydrogen) atoms. The van der Waals surface area contributed by atoms with E-state index >= 15 is 0 Å². The third kappa shape index (κ3) is 3.47.